The number of nitrogens with zero attached hydrogens (tertiary/aromatic N) is 2. The molecular weight excluding hydrogens is 738 g/mol. The van der Waals surface area contributed by atoms with Gasteiger partial charge in [-0.15, -0.1) is 0 Å². The molecule has 2 aliphatic rings. The van der Waals surface area contributed by atoms with Crippen LogP contribution in [0.5, 0.6) is 0 Å². The summed E-state index contributed by atoms with van der Waals surface area (Å²) in [5.74, 6) is -1.01. The van der Waals surface area contributed by atoms with Crippen LogP contribution < -0.4 is 0 Å². The van der Waals surface area contributed by atoms with Gasteiger partial charge in [-0.1, -0.05) is 96.1 Å². The van der Waals surface area contributed by atoms with E-state index in [1.165, 1.54) is 47.5 Å². The smallest absolute Gasteiger partial charge is 0.123 e. The number of fused-ring (bicyclic) bond motifs is 8. The van der Waals surface area contributed by atoms with E-state index in [0.29, 0.717) is 17.1 Å². The highest BCUT2D eigenvalue weighted by Gasteiger charge is 2.24. The van der Waals surface area contributed by atoms with Gasteiger partial charge in [0.15, 0.2) is 0 Å². The van der Waals surface area contributed by atoms with Crippen molar-refractivity contribution in [2.45, 2.75) is 52.4 Å². The van der Waals surface area contributed by atoms with Crippen molar-refractivity contribution in [2.24, 2.45) is 0 Å². The third-order valence-electron chi connectivity index (χ3n) is 11.1. The SMILES string of the molecule is CC(C)(C)c1cc(-c2c3nc(c(-c4ccc(F)cc4)c4ccc([nH]4)c(-c4ccc(F)cc4)c4nc(c(-c5ccc(F)cc5)c5ccc2[nH]5)C=C4)C=C3)cc(C(C)(C)C)c1. The Labute approximate surface area is 341 Å². The number of rotatable bonds is 4. The highest BCUT2D eigenvalue weighted by molar-refractivity contribution is 6.00. The van der Waals surface area contributed by atoms with E-state index in [9.17, 15) is 13.2 Å². The van der Waals surface area contributed by atoms with Gasteiger partial charge in [-0.3, -0.25) is 0 Å². The summed E-state index contributed by atoms with van der Waals surface area (Å²) in [6.07, 6.45) is 7.98. The molecule has 0 unspecified atom stereocenters. The van der Waals surface area contributed by atoms with E-state index < -0.39 is 0 Å². The Balaban J connectivity index is 1.48. The predicted octanol–water partition coefficient (Wildman–Crippen LogP) is 14.3. The Morgan fingerprint density at radius 2 is 0.627 bits per heavy atom. The highest BCUT2D eigenvalue weighted by atomic mass is 19.1. The third kappa shape index (κ3) is 7.22. The van der Waals surface area contributed by atoms with Crippen LogP contribution in [0.25, 0.3) is 90.9 Å². The summed E-state index contributed by atoms with van der Waals surface area (Å²) in [5.41, 5.74) is 14.7. The molecule has 59 heavy (non-hydrogen) atoms. The summed E-state index contributed by atoms with van der Waals surface area (Å²) >= 11 is 0. The molecule has 2 N–H and O–H groups in total. The second-order valence-corrected chi connectivity index (χ2v) is 17.3. The van der Waals surface area contributed by atoms with Gasteiger partial charge in [-0.05, 0) is 129 Å². The normalized spacial score (nSPS) is 12.7. The molecule has 2 aliphatic heterocycles. The number of aromatic nitrogens is 4. The molecule has 0 amide bonds. The fraction of sp³-hybridized carbons (Fsp3) is 0.154. The van der Waals surface area contributed by atoms with E-state index in [4.69, 9.17) is 9.97 Å². The van der Waals surface area contributed by atoms with Gasteiger partial charge >= 0.3 is 0 Å². The lowest BCUT2D eigenvalue weighted by atomic mass is 9.79. The molecule has 3 aromatic heterocycles. The summed E-state index contributed by atoms with van der Waals surface area (Å²) in [6, 6.07) is 34.2. The molecule has 0 saturated carbocycles. The van der Waals surface area contributed by atoms with Crippen LogP contribution in [0.4, 0.5) is 13.2 Å². The van der Waals surface area contributed by atoms with Crippen molar-refractivity contribution in [1.82, 2.24) is 19.9 Å². The number of halogens is 3. The van der Waals surface area contributed by atoms with Gasteiger partial charge in [0, 0.05) is 44.3 Å². The molecule has 0 aliphatic carbocycles. The lowest BCUT2D eigenvalue weighted by molar-refractivity contribution is 0.569. The standard InChI is InChI=1S/C52H43F3N4/c1-51(2,3)34-27-33(28-35(29-34)52(4,5)6)50-45-25-23-43(58-45)48(31-9-15-37(54)16-10-31)41-21-19-39(56-41)47(30-7-13-36(53)14-8-30)40-20-22-42(57-40)49(44-24-26-46(50)59-44)32-11-17-38(55)18-12-32/h7-29,56,59H,1-6H3. The quantitative estimate of drug-likeness (QED) is 0.187. The van der Waals surface area contributed by atoms with Gasteiger partial charge in [0.05, 0.1) is 22.8 Å². The van der Waals surface area contributed by atoms with E-state index in [0.717, 1.165) is 72.3 Å². The first-order chi connectivity index (χ1) is 28.2. The number of hydrogen-bond donors (Lipinski definition) is 2. The van der Waals surface area contributed by atoms with Crippen molar-refractivity contribution in [1.29, 1.82) is 0 Å². The lowest BCUT2D eigenvalue weighted by Gasteiger charge is -2.26. The zero-order chi connectivity index (χ0) is 41.2. The van der Waals surface area contributed by atoms with Gasteiger partial charge in [0.2, 0.25) is 0 Å². The van der Waals surface area contributed by atoms with E-state index in [1.807, 2.05) is 42.5 Å². The summed E-state index contributed by atoms with van der Waals surface area (Å²) < 4.78 is 43.2. The molecule has 0 radical (unpaired) electrons. The Bertz CT molecular complexity index is 2930. The van der Waals surface area contributed by atoms with Crippen molar-refractivity contribution >= 4 is 46.4 Å². The van der Waals surface area contributed by atoms with E-state index in [2.05, 4.69) is 75.8 Å². The Hall–Kier alpha value is -6.73. The summed E-state index contributed by atoms with van der Waals surface area (Å²) in [4.78, 5) is 18.1. The first-order valence-corrected chi connectivity index (χ1v) is 19.8. The molecule has 0 fully saturated rings. The van der Waals surface area contributed by atoms with Crippen molar-refractivity contribution < 1.29 is 13.2 Å². The number of benzene rings is 4. The van der Waals surface area contributed by atoms with Gasteiger partial charge in [0.1, 0.15) is 17.5 Å². The molecule has 0 spiro atoms. The first-order valence-electron chi connectivity index (χ1n) is 19.8. The molecule has 0 saturated heterocycles. The monoisotopic (exact) mass is 780 g/mol. The van der Waals surface area contributed by atoms with Crippen LogP contribution in [0.15, 0.2) is 115 Å². The van der Waals surface area contributed by atoms with Gasteiger partial charge in [0.25, 0.3) is 0 Å². The van der Waals surface area contributed by atoms with Crippen LogP contribution in [0.3, 0.4) is 0 Å². The van der Waals surface area contributed by atoms with Crippen LogP contribution in [0.1, 0.15) is 75.4 Å². The van der Waals surface area contributed by atoms with Crippen LogP contribution in [-0.4, -0.2) is 19.9 Å². The minimum atomic E-state index is -0.346. The Morgan fingerprint density at radius 1 is 0.356 bits per heavy atom. The zero-order valence-electron chi connectivity index (χ0n) is 33.8. The molecule has 4 aromatic carbocycles. The molecule has 7 aromatic rings. The minimum absolute atomic E-state index is 0.135. The zero-order valence-corrected chi connectivity index (χ0v) is 33.8. The molecule has 7 heteroatoms. The topological polar surface area (TPSA) is 57.4 Å². The maximum Gasteiger partial charge on any atom is 0.123 e. The van der Waals surface area contributed by atoms with Crippen molar-refractivity contribution in [3.05, 3.63) is 167 Å². The third-order valence-corrected chi connectivity index (χ3v) is 11.1. The largest absolute Gasteiger partial charge is 0.354 e. The fourth-order valence-electron chi connectivity index (χ4n) is 7.91. The van der Waals surface area contributed by atoms with Crippen LogP contribution in [0.2, 0.25) is 0 Å². The predicted molar refractivity (Wildman–Crippen MR) is 238 cm³/mol. The van der Waals surface area contributed by atoms with Gasteiger partial charge in [-0.2, -0.15) is 0 Å². The van der Waals surface area contributed by atoms with Crippen LogP contribution in [-0.2, 0) is 10.8 Å². The average Bonchev–Trinajstić information content (AvgIpc) is 4.04. The van der Waals surface area contributed by atoms with Gasteiger partial charge < -0.3 is 9.97 Å². The van der Waals surface area contributed by atoms with Crippen LogP contribution in [0, 0.1) is 17.5 Å². The van der Waals surface area contributed by atoms with Crippen LogP contribution >= 0.6 is 0 Å². The van der Waals surface area contributed by atoms with Gasteiger partial charge in [-0.25, -0.2) is 23.1 Å². The summed E-state index contributed by atoms with van der Waals surface area (Å²) in [5, 5.41) is 0. The second kappa shape index (κ2) is 14.3. The Morgan fingerprint density at radius 3 is 0.898 bits per heavy atom. The first kappa shape index (κ1) is 37.8. The maximum absolute atomic E-state index is 14.4. The molecule has 0 atom stereocenters. The molecule has 8 bridgehead atoms. The number of H-pyrrole nitrogens is 2. The fourth-order valence-corrected chi connectivity index (χ4v) is 7.91. The molecular formula is C52H43F3N4. The van der Waals surface area contributed by atoms with E-state index in [1.54, 1.807) is 36.4 Å². The number of aromatic amines is 2. The average molecular weight is 781 g/mol. The number of nitrogens with one attached hydrogen (secondary N) is 2. The minimum Gasteiger partial charge on any atom is -0.354 e. The molecule has 292 valence electrons. The highest BCUT2D eigenvalue weighted by Crippen LogP contribution is 2.41. The molecule has 5 heterocycles. The van der Waals surface area contributed by atoms with E-state index in [-0.39, 0.29) is 28.3 Å². The van der Waals surface area contributed by atoms with Crippen molar-refractivity contribution in [3.63, 3.8) is 0 Å². The molecule has 4 nitrogen and oxygen atoms in total. The van der Waals surface area contributed by atoms with E-state index >= 15 is 0 Å². The van der Waals surface area contributed by atoms with Crippen molar-refractivity contribution in [3.8, 4) is 44.5 Å². The summed E-state index contributed by atoms with van der Waals surface area (Å²) in [6.45, 7) is 13.4. The number of hydrogen-bond acceptors (Lipinski definition) is 2. The lowest BCUT2D eigenvalue weighted by Crippen LogP contribution is -2.16. The Kier molecular flexibility index (Phi) is 9.15. The van der Waals surface area contributed by atoms with Crippen molar-refractivity contribution in [2.75, 3.05) is 0 Å². The second-order valence-electron chi connectivity index (χ2n) is 17.3. The molecule has 9 rings (SSSR count). The summed E-state index contributed by atoms with van der Waals surface area (Å²) in [7, 11) is 0. The maximum atomic E-state index is 14.4.